The Kier molecular flexibility index (Phi) is 10.3. The molecule has 0 fully saturated rings. The van der Waals surface area contributed by atoms with Gasteiger partial charge in [0.05, 0.1) is 5.52 Å². The largest absolute Gasteiger partial charge is 0.301 e. The monoisotopic (exact) mass is 623 g/mol. The van der Waals surface area contributed by atoms with Gasteiger partial charge in [0.1, 0.15) is 0 Å². The Bertz CT molecular complexity index is 2300. The van der Waals surface area contributed by atoms with Crippen molar-refractivity contribution in [2.75, 3.05) is 7.05 Å². The lowest BCUT2D eigenvalue weighted by molar-refractivity contribution is 1.16. The summed E-state index contributed by atoms with van der Waals surface area (Å²) in [7, 11) is 1.75. The predicted octanol–water partition coefficient (Wildman–Crippen LogP) is 12.6. The molecule has 0 saturated heterocycles. The lowest BCUT2D eigenvalue weighted by Crippen LogP contribution is -1.90. The molecule has 3 nitrogen and oxygen atoms in total. The van der Waals surface area contributed by atoms with E-state index in [1.54, 1.807) is 13.3 Å². The number of pyridine rings is 2. The quantitative estimate of drug-likeness (QED) is 0.109. The van der Waals surface area contributed by atoms with E-state index in [0.29, 0.717) is 0 Å². The smallest absolute Gasteiger partial charge is 0.0708 e. The van der Waals surface area contributed by atoms with Gasteiger partial charge in [0.15, 0.2) is 0 Å². The first kappa shape index (κ1) is 32.3. The van der Waals surface area contributed by atoms with Gasteiger partial charge >= 0.3 is 0 Å². The molecule has 0 radical (unpaired) electrons. The molecule has 0 saturated carbocycles. The van der Waals surface area contributed by atoms with E-state index < -0.39 is 0 Å². The fraction of sp³-hybridized carbons (Fsp3) is 0.133. The second-order valence-electron chi connectivity index (χ2n) is 11.6. The Morgan fingerprint density at radius 2 is 1.06 bits per heavy atom. The predicted molar refractivity (Wildman–Crippen MR) is 209 cm³/mol. The summed E-state index contributed by atoms with van der Waals surface area (Å²) in [5.41, 5.74) is 8.35. The SMILES string of the molecule is CC/C=C\CC.CC=NC.c1cc(-c2ccc3ccc4ccc(-c5ccc(-c6ccncc6)cc5)c5ccc2c3c45)c2cccnc2c1. The summed E-state index contributed by atoms with van der Waals surface area (Å²) >= 11 is 0. The van der Waals surface area contributed by atoms with Crippen molar-refractivity contribution in [3.63, 3.8) is 0 Å². The van der Waals surface area contributed by atoms with E-state index in [4.69, 9.17) is 0 Å². The molecule has 8 aromatic rings. The standard InChI is InChI=1S/C36H22N2.C6H12.C3H7N/c1-3-29(31-4-2-20-38-34(31)5-1)30-15-13-27-11-10-26-12-14-28(32-16-17-33(30)36(27)35(26)32)25-8-6-23(7-9-25)24-18-21-37-22-19-24;1-3-5-6-4-2;1-3-4-2/h1-22H;5-6H,3-4H2,1-2H3;3H,1-2H3/b;6-5-;. The fourth-order valence-corrected chi connectivity index (χ4v) is 6.35. The molecule has 2 heterocycles. The number of aliphatic imine (C=N–C) groups is 1. The summed E-state index contributed by atoms with van der Waals surface area (Å²) in [5, 5.41) is 8.94. The van der Waals surface area contributed by atoms with Gasteiger partial charge in [-0.1, -0.05) is 117 Å². The molecule has 2 aromatic heterocycles. The average Bonchev–Trinajstić information content (AvgIpc) is 3.16. The molecule has 6 aromatic carbocycles. The zero-order chi connectivity index (χ0) is 33.3. The number of benzene rings is 6. The highest BCUT2D eigenvalue weighted by atomic mass is 14.6. The molecule has 236 valence electrons. The number of hydrogen-bond donors (Lipinski definition) is 0. The van der Waals surface area contributed by atoms with Crippen LogP contribution in [0.3, 0.4) is 0 Å². The molecule has 0 amide bonds. The maximum atomic E-state index is 4.60. The van der Waals surface area contributed by atoms with Crippen molar-refractivity contribution in [2.24, 2.45) is 4.99 Å². The average molecular weight is 624 g/mol. The topological polar surface area (TPSA) is 38.1 Å². The first-order valence-corrected chi connectivity index (χ1v) is 16.8. The number of allylic oxidation sites excluding steroid dienone is 2. The maximum Gasteiger partial charge on any atom is 0.0708 e. The highest BCUT2D eigenvalue weighted by molar-refractivity contribution is 6.28. The Balaban J connectivity index is 0.000000355. The number of fused-ring (bicyclic) bond motifs is 1. The van der Waals surface area contributed by atoms with Gasteiger partial charge in [-0.25, -0.2) is 0 Å². The molecule has 0 unspecified atom stereocenters. The van der Waals surface area contributed by atoms with Crippen molar-refractivity contribution in [1.29, 1.82) is 0 Å². The number of nitrogens with zero attached hydrogens (tertiary/aromatic N) is 3. The highest BCUT2D eigenvalue weighted by Crippen LogP contribution is 2.43. The summed E-state index contributed by atoms with van der Waals surface area (Å²) in [4.78, 5) is 12.4. The Morgan fingerprint density at radius 3 is 1.69 bits per heavy atom. The van der Waals surface area contributed by atoms with Crippen molar-refractivity contribution < 1.29 is 0 Å². The molecule has 0 aliphatic rings. The van der Waals surface area contributed by atoms with Crippen LogP contribution in [0.5, 0.6) is 0 Å². The van der Waals surface area contributed by atoms with E-state index in [1.807, 2.05) is 31.6 Å². The highest BCUT2D eigenvalue weighted by Gasteiger charge is 2.16. The summed E-state index contributed by atoms with van der Waals surface area (Å²) in [6, 6.07) is 41.8. The molecule has 0 spiro atoms. The van der Waals surface area contributed by atoms with Gasteiger partial charge in [0.2, 0.25) is 0 Å². The summed E-state index contributed by atoms with van der Waals surface area (Å²) in [6.07, 6.45) is 14.0. The van der Waals surface area contributed by atoms with Crippen LogP contribution in [-0.2, 0) is 0 Å². The van der Waals surface area contributed by atoms with Crippen molar-refractivity contribution in [3.05, 3.63) is 146 Å². The summed E-state index contributed by atoms with van der Waals surface area (Å²) in [6.45, 7) is 6.18. The van der Waals surface area contributed by atoms with Crippen LogP contribution < -0.4 is 0 Å². The van der Waals surface area contributed by atoms with E-state index in [2.05, 4.69) is 150 Å². The minimum absolute atomic E-state index is 1.02. The van der Waals surface area contributed by atoms with Crippen LogP contribution in [0.2, 0.25) is 0 Å². The first-order chi connectivity index (χ1) is 23.7. The van der Waals surface area contributed by atoms with Crippen molar-refractivity contribution >= 4 is 49.4 Å². The second kappa shape index (κ2) is 15.3. The van der Waals surface area contributed by atoms with Gasteiger partial charge in [-0.2, -0.15) is 0 Å². The summed E-state index contributed by atoms with van der Waals surface area (Å²) in [5.74, 6) is 0. The van der Waals surface area contributed by atoms with Gasteiger partial charge in [0.25, 0.3) is 0 Å². The molecule has 8 rings (SSSR count). The number of aromatic nitrogens is 2. The molecule has 0 aliphatic carbocycles. The maximum absolute atomic E-state index is 4.60. The lowest BCUT2D eigenvalue weighted by Gasteiger charge is -2.17. The van der Waals surface area contributed by atoms with E-state index in [-0.39, 0.29) is 0 Å². The van der Waals surface area contributed by atoms with Gasteiger partial charge in [-0.05, 0) is 116 Å². The third-order valence-corrected chi connectivity index (χ3v) is 8.71. The summed E-state index contributed by atoms with van der Waals surface area (Å²) < 4.78 is 0. The van der Waals surface area contributed by atoms with Gasteiger partial charge in [-0.15, -0.1) is 0 Å². The molecule has 0 atom stereocenters. The van der Waals surface area contributed by atoms with Crippen LogP contribution >= 0.6 is 0 Å². The second-order valence-corrected chi connectivity index (χ2v) is 11.6. The van der Waals surface area contributed by atoms with E-state index in [9.17, 15) is 0 Å². The molecule has 0 bridgehead atoms. The zero-order valence-corrected chi connectivity index (χ0v) is 28.2. The van der Waals surface area contributed by atoms with Crippen LogP contribution in [0.1, 0.15) is 33.6 Å². The van der Waals surface area contributed by atoms with Gasteiger partial charge in [0, 0.05) is 31.0 Å². The Labute approximate surface area is 283 Å². The van der Waals surface area contributed by atoms with E-state index in [0.717, 1.165) is 5.52 Å². The van der Waals surface area contributed by atoms with Crippen LogP contribution in [0, 0.1) is 0 Å². The van der Waals surface area contributed by atoms with Crippen LogP contribution in [-0.4, -0.2) is 23.2 Å². The molecule has 0 N–H and O–H groups in total. The van der Waals surface area contributed by atoms with Gasteiger partial charge in [-0.3, -0.25) is 9.97 Å². The molecule has 48 heavy (non-hydrogen) atoms. The first-order valence-electron chi connectivity index (χ1n) is 16.8. The normalized spacial score (nSPS) is 11.3. The fourth-order valence-electron chi connectivity index (χ4n) is 6.35. The van der Waals surface area contributed by atoms with E-state index >= 15 is 0 Å². The third-order valence-electron chi connectivity index (χ3n) is 8.71. The van der Waals surface area contributed by atoms with Gasteiger partial charge < -0.3 is 4.99 Å². The number of rotatable bonds is 5. The van der Waals surface area contributed by atoms with E-state index in [1.165, 1.54) is 83.9 Å². The van der Waals surface area contributed by atoms with Crippen LogP contribution in [0.15, 0.2) is 151 Å². The molecule has 0 aliphatic heterocycles. The minimum Gasteiger partial charge on any atom is -0.301 e. The molecular weight excluding hydrogens is 583 g/mol. The lowest BCUT2D eigenvalue weighted by atomic mass is 9.86. The molecule has 3 heteroatoms. The number of hydrogen-bond acceptors (Lipinski definition) is 3. The Morgan fingerprint density at radius 1 is 0.521 bits per heavy atom. The van der Waals surface area contributed by atoms with Crippen LogP contribution in [0.4, 0.5) is 0 Å². The Hall–Kier alpha value is -5.67. The molecular formula is C45H41N3. The van der Waals surface area contributed by atoms with Crippen molar-refractivity contribution in [3.8, 4) is 33.4 Å². The van der Waals surface area contributed by atoms with Crippen LogP contribution in [0.25, 0.3) is 76.6 Å². The third kappa shape index (κ3) is 6.59. The minimum atomic E-state index is 1.02. The zero-order valence-electron chi connectivity index (χ0n) is 28.2. The van der Waals surface area contributed by atoms with Crippen molar-refractivity contribution in [1.82, 2.24) is 9.97 Å². The van der Waals surface area contributed by atoms with Crippen molar-refractivity contribution in [2.45, 2.75) is 33.6 Å².